The summed E-state index contributed by atoms with van der Waals surface area (Å²) in [5.74, 6) is -4.09. The van der Waals surface area contributed by atoms with Crippen LogP contribution in [0.15, 0.2) is 30.3 Å². The molecule has 0 fully saturated rings. The largest absolute Gasteiger partial charge is 0.478 e. The topological polar surface area (TPSA) is 57.5 Å². The Labute approximate surface area is 128 Å². The van der Waals surface area contributed by atoms with Gasteiger partial charge in [0.1, 0.15) is 6.10 Å². The molecule has 0 amide bonds. The summed E-state index contributed by atoms with van der Waals surface area (Å²) >= 11 is 11.7. The van der Waals surface area contributed by atoms with Crippen LogP contribution < -0.4 is 0 Å². The van der Waals surface area contributed by atoms with Crippen molar-refractivity contribution in [1.29, 1.82) is 0 Å². The Morgan fingerprint density at radius 3 is 2.29 bits per heavy atom. The molecular formula is C14H8Cl2F2O3. The second-order valence-electron chi connectivity index (χ2n) is 4.23. The van der Waals surface area contributed by atoms with Gasteiger partial charge in [-0.2, -0.15) is 0 Å². The quantitative estimate of drug-likeness (QED) is 0.891. The highest BCUT2D eigenvalue weighted by atomic mass is 35.5. The minimum Gasteiger partial charge on any atom is -0.478 e. The molecule has 0 heterocycles. The maximum atomic E-state index is 13.3. The van der Waals surface area contributed by atoms with Crippen LogP contribution in [0.2, 0.25) is 10.0 Å². The lowest BCUT2D eigenvalue weighted by Crippen LogP contribution is -2.10. The summed E-state index contributed by atoms with van der Waals surface area (Å²) in [6.45, 7) is 0. The van der Waals surface area contributed by atoms with Gasteiger partial charge < -0.3 is 10.2 Å². The molecule has 0 saturated carbocycles. The number of carbonyl (C=O) groups is 1. The molecule has 0 aliphatic rings. The molecule has 1 unspecified atom stereocenters. The molecular weight excluding hydrogens is 325 g/mol. The van der Waals surface area contributed by atoms with Gasteiger partial charge in [-0.1, -0.05) is 23.2 Å². The van der Waals surface area contributed by atoms with Crippen molar-refractivity contribution in [2.45, 2.75) is 6.10 Å². The number of aromatic carboxylic acids is 1. The first-order valence-corrected chi connectivity index (χ1v) is 6.42. The van der Waals surface area contributed by atoms with Crippen LogP contribution in [0.1, 0.15) is 27.6 Å². The van der Waals surface area contributed by atoms with Crippen molar-refractivity contribution >= 4 is 29.2 Å². The molecule has 3 nitrogen and oxygen atoms in total. The van der Waals surface area contributed by atoms with Crippen LogP contribution >= 0.6 is 23.2 Å². The van der Waals surface area contributed by atoms with Crippen molar-refractivity contribution in [3.63, 3.8) is 0 Å². The molecule has 2 rings (SSSR count). The van der Waals surface area contributed by atoms with Crippen LogP contribution in [0.3, 0.4) is 0 Å². The second-order valence-corrected chi connectivity index (χ2v) is 5.07. The van der Waals surface area contributed by atoms with Crippen LogP contribution in [0.5, 0.6) is 0 Å². The molecule has 0 bridgehead atoms. The zero-order valence-electron chi connectivity index (χ0n) is 10.3. The van der Waals surface area contributed by atoms with Gasteiger partial charge in [0.15, 0.2) is 11.6 Å². The molecule has 0 radical (unpaired) electrons. The normalized spacial score (nSPS) is 12.2. The maximum Gasteiger partial charge on any atom is 0.336 e. The number of halogens is 4. The Hall–Kier alpha value is -1.69. The highest BCUT2D eigenvalue weighted by Gasteiger charge is 2.23. The van der Waals surface area contributed by atoms with E-state index in [9.17, 15) is 18.7 Å². The number of carboxylic acid groups (broad SMARTS) is 1. The van der Waals surface area contributed by atoms with Gasteiger partial charge in [0.2, 0.25) is 0 Å². The van der Waals surface area contributed by atoms with E-state index in [1.54, 1.807) is 0 Å². The fourth-order valence-electron chi connectivity index (χ4n) is 1.87. The molecule has 0 aromatic heterocycles. The summed E-state index contributed by atoms with van der Waals surface area (Å²) < 4.78 is 26.5. The van der Waals surface area contributed by atoms with Gasteiger partial charge >= 0.3 is 5.97 Å². The third kappa shape index (κ3) is 3.15. The van der Waals surface area contributed by atoms with Crippen molar-refractivity contribution in [1.82, 2.24) is 0 Å². The standard InChI is InChI=1S/C14H8Cl2F2O3/c15-6-1-2-10(16)9(3-6)13(19)7-4-11(17)12(18)5-8(7)14(20)21/h1-5,13,19H,(H,20,21). The molecule has 0 saturated heterocycles. The number of aliphatic hydroxyl groups is 1. The molecule has 0 aliphatic heterocycles. The van der Waals surface area contributed by atoms with Crippen LogP contribution in [-0.2, 0) is 0 Å². The first-order valence-electron chi connectivity index (χ1n) is 5.66. The van der Waals surface area contributed by atoms with Crippen LogP contribution in [0, 0.1) is 11.6 Å². The average molecular weight is 333 g/mol. The molecule has 0 aliphatic carbocycles. The van der Waals surface area contributed by atoms with E-state index in [4.69, 9.17) is 28.3 Å². The summed E-state index contributed by atoms with van der Waals surface area (Å²) in [6, 6.07) is 5.34. The average Bonchev–Trinajstić information content (AvgIpc) is 2.43. The zero-order chi connectivity index (χ0) is 15.7. The van der Waals surface area contributed by atoms with E-state index in [0.717, 1.165) is 0 Å². The van der Waals surface area contributed by atoms with Crippen molar-refractivity contribution < 1.29 is 23.8 Å². The van der Waals surface area contributed by atoms with E-state index >= 15 is 0 Å². The monoisotopic (exact) mass is 332 g/mol. The Kier molecular flexibility index (Phi) is 4.46. The van der Waals surface area contributed by atoms with Gasteiger partial charge in [0, 0.05) is 21.2 Å². The number of rotatable bonds is 3. The summed E-state index contributed by atoms with van der Waals surface area (Å²) in [5.41, 5.74) is -0.777. The lowest BCUT2D eigenvalue weighted by Gasteiger charge is -2.16. The molecule has 2 N–H and O–H groups in total. The van der Waals surface area contributed by atoms with Gasteiger partial charge in [-0.05, 0) is 30.3 Å². The Morgan fingerprint density at radius 2 is 1.67 bits per heavy atom. The molecule has 2 aromatic rings. The predicted molar refractivity (Wildman–Crippen MR) is 73.8 cm³/mol. The van der Waals surface area contributed by atoms with Crippen LogP contribution in [0.25, 0.3) is 0 Å². The zero-order valence-corrected chi connectivity index (χ0v) is 11.8. The molecule has 110 valence electrons. The van der Waals surface area contributed by atoms with Crippen molar-refractivity contribution in [3.8, 4) is 0 Å². The Bertz CT molecular complexity index is 720. The molecule has 1 atom stereocenters. The maximum absolute atomic E-state index is 13.3. The number of benzene rings is 2. The van der Waals surface area contributed by atoms with Gasteiger partial charge in [-0.3, -0.25) is 0 Å². The fourth-order valence-corrected chi connectivity index (χ4v) is 2.27. The Morgan fingerprint density at radius 1 is 1.05 bits per heavy atom. The fraction of sp³-hybridized carbons (Fsp3) is 0.0714. The van der Waals surface area contributed by atoms with Crippen molar-refractivity contribution in [2.75, 3.05) is 0 Å². The third-order valence-corrected chi connectivity index (χ3v) is 3.45. The highest BCUT2D eigenvalue weighted by molar-refractivity contribution is 6.33. The van der Waals surface area contributed by atoms with Gasteiger partial charge in [0.05, 0.1) is 5.56 Å². The van der Waals surface area contributed by atoms with Crippen molar-refractivity contribution in [3.05, 3.63) is 68.7 Å². The molecule has 21 heavy (non-hydrogen) atoms. The van der Waals surface area contributed by atoms with Gasteiger partial charge in [-0.15, -0.1) is 0 Å². The number of aliphatic hydroxyl groups excluding tert-OH is 1. The molecule has 2 aromatic carbocycles. The van der Waals surface area contributed by atoms with Crippen LogP contribution in [0.4, 0.5) is 8.78 Å². The van der Waals surface area contributed by atoms with E-state index in [0.29, 0.717) is 12.1 Å². The lowest BCUT2D eigenvalue weighted by molar-refractivity contribution is 0.0690. The predicted octanol–water partition coefficient (Wildman–Crippen LogP) is 4.05. The van der Waals surface area contributed by atoms with E-state index < -0.39 is 29.3 Å². The van der Waals surface area contributed by atoms with E-state index in [1.807, 2.05) is 0 Å². The summed E-state index contributed by atoms with van der Waals surface area (Å²) in [5, 5.41) is 19.7. The van der Waals surface area contributed by atoms with Crippen molar-refractivity contribution in [2.24, 2.45) is 0 Å². The van der Waals surface area contributed by atoms with E-state index in [-0.39, 0.29) is 21.2 Å². The molecule has 7 heteroatoms. The lowest BCUT2D eigenvalue weighted by atomic mass is 9.96. The van der Waals surface area contributed by atoms with E-state index in [1.165, 1.54) is 18.2 Å². The second kappa shape index (κ2) is 5.97. The summed E-state index contributed by atoms with van der Waals surface area (Å²) in [6.07, 6.45) is -1.56. The first-order chi connectivity index (χ1) is 9.81. The highest BCUT2D eigenvalue weighted by Crippen LogP contribution is 2.33. The number of carboxylic acids is 1. The van der Waals surface area contributed by atoms with Crippen LogP contribution in [-0.4, -0.2) is 16.2 Å². The SMILES string of the molecule is O=C(O)c1cc(F)c(F)cc1C(O)c1cc(Cl)ccc1Cl. The minimum absolute atomic E-state index is 0.0951. The summed E-state index contributed by atoms with van der Waals surface area (Å²) in [7, 11) is 0. The van der Waals surface area contributed by atoms with Gasteiger partial charge in [0.25, 0.3) is 0 Å². The molecule has 0 spiro atoms. The first kappa shape index (κ1) is 15.7. The third-order valence-electron chi connectivity index (χ3n) is 2.87. The van der Waals surface area contributed by atoms with E-state index in [2.05, 4.69) is 0 Å². The smallest absolute Gasteiger partial charge is 0.336 e. The Balaban J connectivity index is 2.62. The number of hydrogen-bond acceptors (Lipinski definition) is 2. The number of hydrogen-bond donors (Lipinski definition) is 2. The summed E-state index contributed by atoms with van der Waals surface area (Å²) in [4.78, 5) is 11.1. The van der Waals surface area contributed by atoms with Gasteiger partial charge in [-0.25, -0.2) is 13.6 Å². The minimum atomic E-state index is -1.56.